The predicted octanol–water partition coefficient (Wildman–Crippen LogP) is 3.95. The van der Waals surface area contributed by atoms with Crippen molar-refractivity contribution in [3.8, 4) is 17.2 Å². The van der Waals surface area contributed by atoms with E-state index in [9.17, 15) is 9.18 Å². The van der Waals surface area contributed by atoms with Crippen LogP contribution in [0.4, 0.5) is 10.1 Å². The number of aryl methyl sites for hydroxylation is 1. The van der Waals surface area contributed by atoms with E-state index in [0.717, 1.165) is 18.4 Å². The lowest BCUT2D eigenvalue weighted by atomic mass is 10.2. The van der Waals surface area contributed by atoms with Crippen LogP contribution < -0.4 is 14.8 Å². The van der Waals surface area contributed by atoms with E-state index >= 15 is 0 Å². The van der Waals surface area contributed by atoms with Gasteiger partial charge in [-0.05, 0) is 65.7 Å². The van der Waals surface area contributed by atoms with Crippen molar-refractivity contribution in [2.75, 3.05) is 19.0 Å². The minimum absolute atomic E-state index is 0.146. The number of hydrogen-bond donors (Lipinski definition) is 1. The van der Waals surface area contributed by atoms with E-state index in [-0.39, 0.29) is 11.6 Å². The van der Waals surface area contributed by atoms with Crippen LogP contribution in [0.5, 0.6) is 11.5 Å². The summed E-state index contributed by atoms with van der Waals surface area (Å²) in [4.78, 5) is 12.3. The zero-order valence-corrected chi connectivity index (χ0v) is 17.6. The van der Waals surface area contributed by atoms with Crippen LogP contribution in [0.3, 0.4) is 0 Å². The van der Waals surface area contributed by atoms with Gasteiger partial charge in [0.15, 0.2) is 17.3 Å². The third kappa shape index (κ3) is 5.65. The number of nitrogens with one attached hydrogen (secondary N) is 1. The first kappa shape index (κ1) is 21.9. The SMILES string of the molecule is CCCCOc1ccc(/C=C/C(=O)Nc2ccc(F)c(-n3nnnc3C)c2)cc1OC. The maximum absolute atomic E-state index is 14.2. The van der Waals surface area contributed by atoms with Crippen molar-refractivity contribution in [3.63, 3.8) is 0 Å². The summed E-state index contributed by atoms with van der Waals surface area (Å²) in [6.07, 6.45) is 5.05. The first-order valence-corrected chi connectivity index (χ1v) is 9.86. The molecule has 2 aromatic carbocycles. The van der Waals surface area contributed by atoms with Crippen molar-refractivity contribution >= 4 is 17.7 Å². The summed E-state index contributed by atoms with van der Waals surface area (Å²) in [7, 11) is 1.57. The number of tetrazole rings is 1. The van der Waals surface area contributed by atoms with Crippen LogP contribution in [-0.4, -0.2) is 39.8 Å². The Hall–Kier alpha value is -3.75. The molecule has 0 fully saturated rings. The van der Waals surface area contributed by atoms with Crippen LogP contribution in [-0.2, 0) is 4.79 Å². The number of rotatable bonds is 9. The lowest BCUT2D eigenvalue weighted by Gasteiger charge is -2.11. The molecular weight excluding hydrogens is 401 g/mol. The van der Waals surface area contributed by atoms with E-state index in [4.69, 9.17) is 9.47 Å². The molecule has 1 aromatic heterocycles. The van der Waals surface area contributed by atoms with Gasteiger partial charge in [0.05, 0.1) is 13.7 Å². The average Bonchev–Trinajstić information content (AvgIpc) is 3.20. The van der Waals surface area contributed by atoms with E-state index in [1.165, 1.54) is 29.0 Å². The van der Waals surface area contributed by atoms with E-state index < -0.39 is 5.82 Å². The first-order valence-electron chi connectivity index (χ1n) is 9.86. The summed E-state index contributed by atoms with van der Waals surface area (Å²) in [6.45, 7) is 4.37. The van der Waals surface area contributed by atoms with Gasteiger partial charge < -0.3 is 14.8 Å². The smallest absolute Gasteiger partial charge is 0.248 e. The molecule has 0 bridgehead atoms. The van der Waals surface area contributed by atoms with Crippen LogP contribution in [0, 0.1) is 12.7 Å². The summed E-state index contributed by atoms with van der Waals surface area (Å²) in [5, 5.41) is 13.7. The molecule has 3 aromatic rings. The first-order chi connectivity index (χ1) is 15.0. The van der Waals surface area contributed by atoms with Crippen LogP contribution in [0.15, 0.2) is 42.5 Å². The minimum atomic E-state index is -0.503. The zero-order valence-electron chi connectivity index (χ0n) is 17.6. The molecule has 31 heavy (non-hydrogen) atoms. The van der Waals surface area contributed by atoms with Crippen LogP contribution in [0.1, 0.15) is 31.2 Å². The monoisotopic (exact) mass is 425 g/mol. The highest BCUT2D eigenvalue weighted by atomic mass is 19.1. The summed E-state index contributed by atoms with van der Waals surface area (Å²) in [5.41, 5.74) is 1.34. The Morgan fingerprint density at radius 2 is 2.06 bits per heavy atom. The van der Waals surface area contributed by atoms with Gasteiger partial charge in [0.2, 0.25) is 5.91 Å². The lowest BCUT2D eigenvalue weighted by Crippen LogP contribution is -2.09. The number of hydrogen-bond acceptors (Lipinski definition) is 6. The van der Waals surface area contributed by atoms with Gasteiger partial charge in [0.25, 0.3) is 0 Å². The second-order valence-corrected chi connectivity index (χ2v) is 6.74. The molecule has 0 spiro atoms. The van der Waals surface area contributed by atoms with Crippen molar-refractivity contribution in [2.24, 2.45) is 0 Å². The molecular formula is C22H24FN5O3. The standard InChI is InChI=1S/C22H24FN5O3/c1-4-5-12-31-20-10-6-16(13-21(20)30-3)7-11-22(29)24-17-8-9-18(23)19(14-17)28-15(2)25-26-27-28/h6-11,13-14H,4-5,12H2,1-3H3,(H,24,29)/b11-7+. The highest BCUT2D eigenvalue weighted by Crippen LogP contribution is 2.28. The van der Waals surface area contributed by atoms with Gasteiger partial charge >= 0.3 is 0 Å². The summed E-state index contributed by atoms with van der Waals surface area (Å²) < 4.78 is 26.5. The lowest BCUT2D eigenvalue weighted by molar-refractivity contribution is -0.111. The number of benzene rings is 2. The van der Waals surface area contributed by atoms with Crippen LogP contribution >= 0.6 is 0 Å². The van der Waals surface area contributed by atoms with Crippen molar-refractivity contribution in [1.29, 1.82) is 0 Å². The van der Waals surface area contributed by atoms with Gasteiger partial charge in [-0.2, -0.15) is 4.68 Å². The van der Waals surface area contributed by atoms with Crippen molar-refractivity contribution in [3.05, 3.63) is 59.7 Å². The van der Waals surface area contributed by atoms with E-state index in [2.05, 4.69) is 27.8 Å². The third-order valence-electron chi connectivity index (χ3n) is 4.44. The average molecular weight is 425 g/mol. The van der Waals surface area contributed by atoms with Crippen LogP contribution in [0.25, 0.3) is 11.8 Å². The zero-order chi connectivity index (χ0) is 22.2. The number of amides is 1. The van der Waals surface area contributed by atoms with Gasteiger partial charge in [0, 0.05) is 11.8 Å². The maximum atomic E-state index is 14.2. The van der Waals surface area contributed by atoms with E-state index in [1.54, 1.807) is 26.2 Å². The summed E-state index contributed by atoms with van der Waals surface area (Å²) in [5.74, 6) is 0.816. The molecule has 162 valence electrons. The second-order valence-electron chi connectivity index (χ2n) is 6.74. The molecule has 8 nitrogen and oxygen atoms in total. The molecule has 0 saturated carbocycles. The van der Waals surface area contributed by atoms with Crippen molar-refractivity contribution in [2.45, 2.75) is 26.7 Å². The molecule has 0 saturated heterocycles. The Bertz CT molecular complexity index is 1080. The number of nitrogens with zero attached hydrogens (tertiary/aromatic N) is 4. The molecule has 0 atom stereocenters. The van der Waals surface area contributed by atoms with Crippen LogP contribution in [0.2, 0.25) is 0 Å². The number of carbonyl (C=O) groups excluding carboxylic acids is 1. The second kappa shape index (κ2) is 10.3. The third-order valence-corrected chi connectivity index (χ3v) is 4.44. The quantitative estimate of drug-likeness (QED) is 0.412. The fourth-order valence-corrected chi connectivity index (χ4v) is 2.80. The van der Waals surface area contributed by atoms with E-state index in [1.807, 2.05) is 12.1 Å². The Morgan fingerprint density at radius 1 is 1.23 bits per heavy atom. The summed E-state index contributed by atoms with van der Waals surface area (Å²) >= 11 is 0. The topological polar surface area (TPSA) is 91.2 Å². The van der Waals surface area contributed by atoms with Crippen molar-refractivity contribution in [1.82, 2.24) is 20.2 Å². The van der Waals surface area contributed by atoms with Gasteiger partial charge in [-0.3, -0.25) is 4.79 Å². The Balaban J connectivity index is 1.69. The molecule has 1 heterocycles. The molecule has 9 heteroatoms. The molecule has 3 rings (SSSR count). The molecule has 1 N–H and O–H groups in total. The Labute approximate surface area is 179 Å². The number of aromatic nitrogens is 4. The van der Waals surface area contributed by atoms with Gasteiger partial charge in [-0.15, -0.1) is 5.10 Å². The Kier molecular flexibility index (Phi) is 7.31. The molecule has 0 aliphatic rings. The maximum Gasteiger partial charge on any atom is 0.248 e. The highest BCUT2D eigenvalue weighted by Gasteiger charge is 2.11. The normalized spacial score (nSPS) is 11.0. The van der Waals surface area contributed by atoms with Gasteiger partial charge in [-0.1, -0.05) is 19.4 Å². The highest BCUT2D eigenvalue weighted by molar-refractivity contribution is 6.02. The Morgan fingerprint density at radius 3 is 2.77 bits per heavy atom. The molecule has 0 radical (unpaired) electrons. The van der Waals surface area contributed by atoms with Gasteiger partial charge in [-0.25, -0.2) is 4.39 Å². The molecule has 0 unspecified atom stereocenters. The fraction of sp³-hybridized carbons (Fsp3) is 0.273. The molecule has 1 amide bonds. The van der Waals surface area contributed by atoms with Crippen molar-refractivity contribution < 1.29 is 18.7 Å². The number of halogens is 1. The van der Waals surface area contributed by atoms with Gasteiger partial charge in [0.1, 0.15) is 11.5 Å². The number of ether oxygens (including phenoxy) is 2. The van der Waals surface area contributed by atoms with E-state index in [0.29, 0.717) is 29.6 Å². The number of carbonyl (C=O) groups is 1. The molecule has 0 aliphatic carbocycles. The summed E-state index contributed by atoms with van der Waals surface area (Å²) in [6, 6.07) is 9.63. The number of unbranched alkanes of at least 4 members (excludes halogenated alkanes) is 1. The number of anilines is 1. The molecule has 0 aliphatic heterocycles. The minimum Gasteiger partial charge on any atom is -0.493 e. The number of methoxy groups -OCH3 is 1. The fourth-order valence-electron chi connectivity index (χ4n) is 2.80. The predicted molar refractivity (Wildman–Crippen MR) is 115 cm³/mol. The largest absolute Gasteiger partial charge is 0.493 e.